The van der Waals surface area contributed by atoms with Crippen molar-refractivity contribution in [3.63, 3.8) is 0 Å². The largest absolute Gasteiger partial charge is 0.481 e. The van der Waals surface area contributed by atoms with E-state index in [0.29, 0.717) is 0 Å². The van der Waals surface area contributed by atoms with Crippen molar-refractivity contribution in [3.05, 3.63) is 45.5 Å². The Balaban J connectivity index is 2.65. The molecule has 0 heterocycles. The first kappa shape index (κ1) is 10.4. The van der Waals surface area contributed by atoms with Crippen LogP contribution in [0, 0.1) is 3.57 Å². The van der Waals surface area contributed by atoms with Gasteiger partial charge < -0.3 is 5.11 Å². The summed E-state index contributed by atoms with van der Waals surface area (Å²) >= 11 is 2.26. The fourth-order valence-corrected chi connectivity index (χ4v) is 2.33. The molecule has 0 aliphatic heterocycles. The molecule has 2 aromatic carbocycles. The van der Waals surface area contributed by atoms with Crippen LogP contribution in [0.3, 0.4) is 0 Å². The number of aliphatic carboxylic acids is 1. The quantitative estimate of drug-likeness (QED) is 0.865. The second-order valence-corrected chi connectivity index (χ2v) is 4.48. The van der Waals surface area contributed by atoms with Gasteiger partial charge in [0.05, 0.1) is 6.42 Å². The van der Waals surface area contributed by atoms with Gasteiger partial charge in [-0.3, -0.25) is 4.79 Å². The number of rotatable bonds is 2. The molecule has 15 heavy (non-hydrogen) atoms. The summed E-state index contributed by atoms with van der Waals surface area (Å²) in [5, 5.41) is 10.9. The van der Waals surface area contributed by atoms with Gasteiger partial charge in [0.15, 0.2) is 0 Å². The topological polar surface area (TPSA) is 37.3 Å². The molecule has 2 rings (SSSR count). The number of carboxylic acid groups (broad SMARTS) is 1. The SMILES string of the molecule is O=C(O)Cc1cccc2c(I)cccc12. The average Bonchev–Trinajstić information content (AvgIpc) is 2.19. The standard InChI is InChI=1S/C12H9IO2/c13-11-6-2-4-9-8(7-12(14)15)3-1-5-10(9)11/h1-6H,7H2,(H,14,15). The zero-order chi connectivity index (χ0) is 10.8. The summed E-state index contributed by atoms with van der Waals surface area (Å²) in [6.07, 6.45) is 0.0808. The maximum Gasteiger partial charge on any atom is 0.307 e. The van der Waals surface area contributed by atoms with Crippen LogP contribution in [0.5, 0.6) is 0 Å². The van der Waals surface area contributed by atoms with Crippen molar-refractivity contribution in [1.82, 2.24) is 0 Å². The lowest BCUT2D eigenvalue weighted by atomic mass is 10.0. The van der Waals surface area contributed by atoms with E-state index in [1.54, 1.807) is 0 Å². The summed E-state index contributed by atoms with van der Waals surface area (Å²) < 4.78 is 1.15. The number of halogens is 1. The highest BCUT2D eigenvalue weighted by Gasteiger charge is 2.06. The Morgan fingerprint density at radius 3 is 2.53 bits per heavy atom. The van der Waals surface area contributed by atoms with Gasteiger partial charge in [-0.25, -0.2) is 0 Å². The van der Waals surface area contributed by atoms with Gasteiger partial charge in [0, 0.05) is 3.57 Å². The van der Waals surface area contributed by atoms with Gasteiger partial charge in [-0.1, -0.05) is 30.3 Å². The fourth-order valence-electron chi connectivity index (χ4n) is 1.65. The maximum atomic E-state index is 10.7. The Morgan fingerprint density at radius 1 is 1.13 bits per heavy atom. The molecule has 0 unspecified atom stereocenters. The minimum Gasteiger partial charge on any atom is -0.481 e. The van der Waals surface area contributed by atoms with Crippen LogP contribution in [0.15, 0.2) is 36.4 Å². The lowest BCUT2D eigenvalue weighted by molar-refractivity contribution is -0.136. The van der Waals surface area contributed by atoms with Crippen molar-refractivity contribution in [1.29, 1.82) is 0 Å². The molecule has 0 amide bonds. The predicted molar refractivity (Wildman–Crippen MR) is 68.0 cm³/mol. The van der Waals surface area contributed by atoms with Gasteiger partial charge in [0.2, 0.25) is 0 Å². The summed E-state index contributed by atoms with van der Waals surface area (Å²) in [7, 11) is 0. The van der Waals surface area contributed by atoms with Crippen molar-refractivity contribution in [2.75, 3.05) is 0 Å². The molecule has 0 saturated heterocycles. The Morgan fingerprint density at radius 2 is 1.80 bits per heavy atom. The molecule has 2 nitrogen and oxygen atoms in total. The van der Waals surface area contributed by atoms with Crippen molar-refractivity contribution < 1.29 is 9.90 Å². The van der Waals surface area contributed by atoms with E-state index in [9.17, 15) is 4.79 Å². The van der Waals surface area contributed by atoms with Gasteiger partial charge in [-0.05, 0) is 45.0 Å². The first-order chi connectivity index (χ1) is 7.18. The third-order valence-corrected chi connectivity index (χ3v) is 3.24. The van der Waals surface area contributed by atoms with E-state index in [4.69, 9.17) is 5.11 Å². The van der Waals surface area contributed by atoms with Crippen LogP contribution in [0.2, 0.25) is 0 Å². The van der Waals surface area contributed by atoms with Crippen LogP contribution in [-0.2, 0) is 11.2 Å². The van der Waals surface area contributed by atoms with Crippen molar-refractivity contribution in [2.24, 2.45) is 0 Å². The highest BCUT2D eigenvalue weighted by Crippen LogP contribution is 2.23. The second-order valence-electron chi connectivity index (χ2n) is 3.32. The van der Waals surface area contributed by atoms with Crippen LogP contribution < -0.4 is 0 Å². The number of hydrogen-bond acceptors (Lipinski definition) is 1. The third-order valence-electron chi connectivity index (χ3n) is 2.30. The zero-order valence-corrected chi connectivity index (χ0v) is 10.1. The molecule has 0 spiro atoms. The van der Waals surface area contributed by atoms with E-state index < -0.39 is 5.97 Å². The number of hydrogen-bond donors (Lipinski definition) is 1. The third kappa shape index (κ3) is 2.12. The molecule has 0 radical (unpaired) electrons. The summed E-state index contributed by atoms with van der Waals surface area (Å²) in [5.41, 5.74) is 0.874. The first-order valence-corrected chi connectivity index (χ1v) is 5.64. The lowest BCUT2D eigenvalue weighted by Gasteiger charge is -2.05. The first-order valence-electron chi connectivity index (χ1n) is 4.56. The number of benzene rings is 2. The van der Waals surface area contributed by atoms with Crippen LogP contribution >= 0.6 is 22.6 Å². The Hall–Kier alpha value is -1.10. The highest BCUT2D eigenvalue weighted by atomic mass is 127. The summed E-state index contributed by atoms with van der Waals surface area (Å²) in [5.74, 6) is -0.790. The van der Waals surface area contributed by atoms with Crippen molar-refractivity contribution in [3.8, 4) is 0 Å². The Bertz CT molecular complexity index is 520. The van der Waals surface area contributed by atoms with E-state index in [1.807, 2.05) is 36.4 Å². The molecule has 1 N–H and O–H groups in total. The van der Waals surface area contributed by atoms with Crippen molar-refractivity contribution >= 4 is 39.3 Å². The van der Waals surface area contributed by atoms with Crippen LogP contribution in [0.1, 0.15) is 5.56 Å². The number of fused-ring (bicyclic) bond motifs is 1. The number of carboxylic acids is 1. The lowest BCUT2D eigenvalue weighted by Crippen LogP contribution is -2.00. The van der Waals surface area contributed by atoms with Gasteiger partial charge in [0.25, 0.3) is 0 Å². The molecule has 76 valence electrons. The van der Waals surface area contributed by atoms with E-state index in [2.05, 4.69) is 22.6 Å². The summed E-state index contributed by atoms with van der Waals surface area (Å²) in [4.78, 5) is 10.7. The molecule has 0 aliphatic carbocycles. The fraction of sp³-hybridized carbons (Fsp3) is 0.0833. The molecule has 2 aromatic rings. The van der Waals surface area contributed by atoms with Crippen LogP contribution in [0.4, 0.5) is 0 Å². The molecular weight excluding hydrogens is 303 g/mol. The second kappa shape index (κ2) is 4.18. The maximum absolute atomic E-state index is 10.7. The average molecular weight is 312 g/mol. The monoisotopic (exact) mass is 312 g/mol. The molecule has 3 heteroatoms. The minimum atomic E-state index is -0.790. The predicted octanol–water partition coefficient (Wildman–Crippen LogP) is 3.07. The molecule has 0 atom stereocenters. The van der Waals surface area contributed by atoms with Gasteiger partial charge >= 0.3 is 5.97 Å². The summed E-state index contributed by atoms with van der Waals surface area (Å²) in [6.45, 7) is 0. The van der Waals surface area contributed by atoms with E-state index in [0.717, 1.165) is 19.9 Å². The van der Waals surface area contributed by atoms with Gasteiger partial charge in [-0.15, -0.1) is 0 Å². The van der Waals surface area contributed by atoms with Crippen LogP contribution in [-0.4, -0.2) is 11.1 Å². The molecule has 0 aliphatic rings. The normalized spacial score (nSPS) is 10.5. The molecule has 0 fully saturated rings. The van der Waals surface area contributed by atoms with E-state index in [1.165, 1.54) is 0 Å². The molecule has 0 aromatic heterocycles. The van der Waals surface area contributed by atoms with Gasteiger partial charge in [0.1, 0.15) is 0 Å². The zero-order valence-electron chi connectivity index (χ0n) is 7.90. The molecular formula is C12H9IO2. The van der Waals surface area contributed by atoms with Crippen LogP contribution in [0.25, 0.3) is 10.8 Å². The van der Waals surface area contributed by atoms with E-state index in [-0.39, 0.29) is 6.42 Å². The Kier molecular flexibility index (Phi) is 2.90. The molecule has 0 saturated carbocycles. The van der Waals surface area contributed by atoms with Gasteiger partial charge in [-0.2, -0.15) is 0 Å². The minimum absolute atomic E-state index is 0.0808. The highest BCUT2D eigenvalue weighted by molar-refractivity contribution is 14.1. The summed E-state index contributed by atoms with van der Waals surface area (Å²) in [6, 6.07) is 11.7. The smallest absolute Gasteiger partial charge is 0.307 e. The molecule has 0 bridgehead atoms. The van der Waals surface area contributed by atoms with E-state index >= 15 is 0 Å². The Labute approximate surface area is 101 Å². The van der Waals surface area contributed by atoms with Crippen molar-refractivity contribution in [2.45, 2.75) is 6.42 Å². The number of carbonyl (C=O) groups is 1.